The van der Waals surface area contributed by atoms with E-state index >= 15 is 0 Å². The average Bonchev–Trinajstić information content (AvgIpc) is 2.81. The summed E-state index contributed by atoms with van der Waals surface area (Å²) < 4.78 is 40.6. The lowest BCUT2D eigenvalue weighted by molar-refractivity contribution is 0.0402. The maximum absolute atomic E-state index is 13.6. The number of sulfonamides is 1. The summed E-state index contributed by atoms with van der Waals surface area (Å²) in [5.41, 5.74) is 0.740. The molecule has 0 saturated carbocycles. The SMILES string of the molecule is CC(C)CC#Cc1ccc2c(c1)O[C@H](CN(C)CC1CCOCC1)[C@@H](C)CN([C@@H](C)CO)S2(=O)=O. The standard InChI is InChI=1S/C27H42N2O5S/c1-20(2)7-6-8-23-9-10-27-25(15-23)34-26(18-28(5)17-24-11-13-33-14-12-24)21(3)16-29(22(4)19-30)35(27,31)32/h9-10,15,20-22,24,26,30H,7,11-14,16-19H2,1-5H3/t21-,22-,26+/m0/s1. The predicted molar refractivity (Wildman–Crippen MR) is 138 cm³/mol. The van der Waals surface area contributed by atoms with Crippen molar-refractivity contribution in [3.63, 3.8) is 0 Å². The van der Waals surface area contributed by atoms with Gasteiger partial charge in [0.2, 0.25) is 10.0 Å². The fourth-order valence-electron chi connectivity index (χ4n) is 4.63. The van der Waals surface area contributed by atoms with Crippen molar-refractivity contribution in [3.8, 4) is 17.6 Å². The third kappa shape index (κ3) is 7.43. The molecule has 8 heteroatoms. The van der Waals surface area contributed by atoms with Crippen molar-refractivity contribution in [2.24, 2.45) is 17.8 Å². The minimum absolute atomic E-state index is 0.0697. The Morgan fingerprint density at radius 2 is 1.91 bits per heavy atom. The minimum Gasteiger partial charge on any atom is -0.487 e. The Bertz CT molecular complexity index is 995. The molecule has 7 nitrogen and oxygen atoms in total. The predicted octanol–water partition coefficient (Wildman–Crippen LogP) is 3.21. The molecule has 1 N–H and O–H groups in total. The molecule has 0 spiro atoms. The first-order chi connectivity index (χ1) is 16.6. The van der Waals surface area contributed by atoms with E-state index in [1.807, 2.05) is 6.92 Å². The lowest BCUT2D eigenvalue weighted by atomic mass is 9.98. The Morgan fingerprint density at radius 1 is 1.20 bits per heavy atom. The molecule has 1 aromatic carbocycles. The van der Waals surface area contributed by atoms with Crippen LogP contribution in [0.25, 0.3) is 0 Å². The molecule has 0 unspecified atom stereocenters. The highest BCUT2D eigenvalue weighted by molar-refractivity contribution is 7.89. The quantitative estimate of drug-likeness (QED) is 0.572. The molecule has 2 aliphatic rings. The molecule has 1 saturated heterocycles. The van der Waals surface area contributed by atoms with Gasteiger partial charge in [0.15, 0.2) is 0 Å². The number of benzene rings is 1. The number of ether oxygens (including phenoxy) is 2. The molecule has 2 heterocycles. The van der Waals surface area contributed by atoms with Crippen molar-refractivity contribution in [1.29, 1.82) is 0 Å². The monoisotopic (exact) mass is 506 g/mol. The molecule has 3 atom stereocenters. The summed E-state index contributed by atoms with van der Waals surface area (Å²) in [6, 6.07) is 4.57. The van der Waals surface area contributed by atoms with Gasteiger partial charge in [0.25, 0.3) is 0 Å². The van der Waals surface area contributed by atoms with Crippen LogP contribution in [0.4, 0.5) is 0 Å². The summed E-state index contributed by atoms with van der Waals surface area (Å²) in [5, 5.41) is 9.82. The van der Waals surface area contributed by atoms with Gasteiger partial charge in [-0.15, -0.1) is 0 Å². The minimum atomic E-state index is -3.84. The van der Waals surface area contributed by atoms with E-state index in [0.29, 0.717) is 24.1 Å². The van der Waals surface area contributed by atoms with Crippen LogP contribution in [0, 0.1) is 29.6 Å². The summed E-state index contributed by atoms with van der Waals surface area (Å²) in [7, 11) is -1.74. The van der Waals surface area contributed by atoms with E-state index in [4.69, 9.17) is 9.47 Å². The highest BCUT2D eigenvalue weighted by Gasteiger charge is 2.38. The molecular weight excluding hydrogens is 464 g/mol. The largest absolute Gasteiger partial charge is 0.487 e. The molecule has 0 aromatic heterocycles. The van der Waals surface area contributed by atoms with Crippen molar-refractivity contribution in [1.82, 2.24) is 9.21 Å². The Balaban J connectivity index is 1.92. The van der Waals surface area contributed by atoms with Gasteiger partial charge in [0, 0.05) is 56.8 Å². The van der Waals surface area contributed by atoms with Gasteiger partial charge in [0.1, 0.15) is 16.7 Å². The molecule has 2 aliphatic heterocycles. The van der Waals surface area contributed by atoms with Crippen molar-refractivity contribution in [2.75, 3.05) is 46.5 Å². The lowest BCUT2D eigenvalue weighted by Crippen LogP contribution is -2.50. The number of rotatable bonds is 7. The molecule has 0 bridgehead atoms. The van der Waals surface area contributed by atoms with E-state index in [1.54, 1.807) is 25.1 Å². The fourth-order valence-corrected chi connectivity index (χ4v) is 6.46. The highest BCUT2D eigenvalue weighted by Crippen LogP contribution is 2.34. The van der Waals surface area contributed by atoms with Gasteiger partial charge in [0.05, 0.1) is 6.61 Å². The molecule has 35 heavy (non-hydrogen) atoms. The van der Waals surface area contributed by atoms with Gasteiger partial charge in [-0.1, -0.05) is 32.6 Å². The first-order valence-corrected chi connectivity index (χ1v) is 14.2. The van der Waals surface area contributed by atoms with Crippen LogP contribution < -0.4 is 4.74 Å². The maximum Gasteiger partial charge on any atom is 0.247 e. The molecule has 1 fully saturated rings. The number of nitrogens with zero attached hydrogens (tertiary/aromatic N) is 2. The molecule has 196 valence electrons. The zero-order valence-electron chi connectivity index (χ0n) is 21.9. The molecule has 0 radical (unpaired) electrons. The zero-order chi connectivity index (χ0) is 25.6. The number of likely N-dealkylation sites (N-methyl/N-ethyl adjacent to an activating group) is 1. The van der Waals surface area contributed by atoms with Crippen molar-refractivity contribution in [3.05, 3.63) is 23.8 Å². The Morgan fingerprint density at radius 3 is 2.57 bits per heavy atom. The summed E-state index contributed by atoms with van der Waals surface area (Å²) in [6.07, 6.45) is 2.69. The zero-order valence-corrected chi connectivity index (χ0v) is 22.7. The van der Waals surface area contributed by atoms with Crippen LogP contribution in [0.1, 0.15) is 52.5 Å². The van der Waals surface area contributed by atoms with E-state index in [1.165, 1.54) is 4.31 Å². The summed E-state index contributed by atoms with van der Waals surface area (Å²) in [6.45, 7) is 11.3. The van der Waals surface area contributed by atoms with Gasteiger partial charge in [-0.3, -0.25) is 0 Å². The molecule has 1 aromatic rings. The summed E-state index contributed by atoms with van der Waals surface area (Å²) in [4.78, 5) is 2.43. The second-order valence-corrected chi connectivity index (χ2v) is 12.4. The van der Waals surface area contributed by atoms with Crippen molar-refractivity contribution >= 4 is 10.0 Å². The van der Waals surface area contributed by atoms with Gasteiger partial charge >= 0.3 is 0 Å². The van der Waals surface area contributed by atoms with Crippen LogP contribution in [0.2, 0.25) is 0 Å². The second-order valence-electron chi connectivity index (χ2n) is 10.6. The average molecular weight is 507 g/mol. The molecule has 0 amide bonds. The van der Waals surface area contributed by atoms with E-state index < -0.39 is 16.1 Å². The van der Waals surface area contributed by atoms with Gasteiger partial charge in [-0.2, -0.15) is 4.31 Å². The fraction of sp³-hybridized carbons (Fsp3) is 0.704. The van der Waals surface area contributed by atoms with Crippen LogP contribution >= 0.6 is 0 Å². The Hall–Kier alpha value is -1.63. The third-order valence-corrected chi connectivity index (χ3v) is 8.83. The number of hydrogen-bond donors (Lipinski definition) is 1. The van der Waals surface area contributed by atoms with E-state index in [9.17, 15) is 13.5 Å². The van der Waals surface area contributed by atoms with Crippen LogP contribution in [0.3, 0.4) is 0 Å². The smallest absolute Gasteiger partial charge is 0.247 e. The summed E-state index contributed by atoms with van der Waals surface area (Å²) in [5.74, 6) is 7.66. The van der Waals surface area contributed by atoms with Gasteiger partial charge in [-0.05, 0) is 56.8 Å². The number of aliphatic hydroxyl groups excluding tert-OH is 1. The Kier molecular flexibility index (Phi) is 10.0. The van der Waals surface area contributed by atoms with Crippen molar-refractivity contribution < 1.29 is 23.0 Å². The van der Waals surface area contributed by atoms with Crippen LogP contribution in [0.15, 0.2) is 23.1 Å². The third-order valence-electron chi connectivity index (χ3n) is 6.81. The van der Waals surface area contributed by atoms with E-state index in [2.05, 4.69) is 37.6 Å². The Labute approximate surface area is 211 Å². The molecule has 0 aliphatic carbocycles. The van der Waals surface area contributed by atoms with E-state index in [0.717, 1.165) is 44.6 Å². The maximum atomic E-state index is 13.6. The van der Waals surface area contributed by atoms with Gasteiger partial charge < -0.3 is 19.5 Å². The molecular formula is C27H42N2O5S. The highest BCUT2D eigenvalue weighted by atomic mass is 32.2. The molecule has 3 rings (SSSR count). The topological polar surface area (TPSA) is 79.3 Å². The number of fused-ring (bicyclic) bond motifs is 1. The second kappa shape index (κ2) is 12.6. The van der Waals surface area contributed by atoms with Crippen LogP contribution in [-0.4, -0.2) is 81.4 Å². The first kappa shape index (κ1) is 27.9. The summed E-state index contributed by atoms with van der Waals surface area (Å²) >= 11 is 0. The number of hydrogen-bond acceptors (Lipinski definition) is 6. The van der Waals surface area contributed by atoms with E-state index in [-0.39, 0.29) is 30.1 Å². The normalized spacial score (nSPS) is 24.1. The van der Waals surface area contributed by atoms with Gasteiger partial charge in [-0.25, -0.2) is 8.42 Å². The number of aliphatic hydroxyl groups is 1. The lowest BCUT2D eigenvalue weighted by Gasteiger charge is -2.38. The van der Waals surface area contributed by atoms with Crippen LogP contribution in [0.5, 0.6) is 5.75 Å². The van der Waals surface area contributed by atoms with Crippen LogP contribution in [-0.2, 0) is 14.8 Å². The first-order valence-electron chi connectivity index (χ1n) is 12.8. The van der Waals surface area contributed by atoms with Crippen molar-refractivity contribution in [2.45, 2.75) is 64.0 Å².